The highest BCUT2D eigenvalue weighted by atomic mass is 32.2. The van der Waals surface area contributed by atoms with Crippen molar-refractivity contribution in [3.63, 3.8) is 0 Å². The average Bonchev–Trinajstić information content (AvgIpc) is 3.50. The maximum absolute atomic E-state index is 14.1. The Balaban J connectivity index is 1.38. The summed E-state index contributed by atoms with van der Waals surface area (Å²) >= 11 is 1.67. The number of thiazole rings is 1. The van der Waals surface area contributed by atoms with E-state index in [1.807, 2.05) is 0 Å². The third-order valence-corrected chi connectivity index (χ3v) is 10.6. The van der Waals surface area contributed by atoms with E-state index in [1.165, 1.54) is 48.1 Å². The van der Waals surface area contributed by atoms with Crippen LogP contribution in [0.15, 0.2) is 82.6 Å². The predicted molar refractivity (Wildman–Crippen MR) is 172 cm³/mol. The number of anilines is 2. The van der Waals surface area contributed by atoms with Crippen LogP contribution in [0, 0.1) is 5.92 Å². The van der Waals surface area contributed by atoms with Gasteiger partial charge in [0, 0.05) is 22.0 Å². The van der Waals surface area contributed by atoms with E-state index in [9.17, 15) is 37.1 Å². The number of para-hydroxylation sites is 2. The Kier molecular flexibility index (Phi) is 8.92. The van der Waals surface area contributed by atoms with Crippen molar-refractivity contribution < 1.29 is 41.8 Å². The number of ether oxygens (including phenoxy) is 2. The number of fused-ring (bicyclic) bond motifs is 2. The van der Waals surface area contributed by atoms with E-state index in [0.29, 0.717) is 26.8 Å². The summed E-state index contributed by atoms with van der Waals surface area (Å²) in [6.45, 7) is 1.42. The van der Waals surface area contributed by atoms with Gasteiger partial charge in [0.1, 0.15) is 17.5 Å². The third-order valence-electron chi connectivity index (χ3n) is 7.96. The molecule has 10 nitrogen and oxygen atoms in total. The van der Waals surface area contributed by atoms with Crippen LogP contribution in [0.5, 0.6) is 5.75 Å². The first-order chi connectivity index (χ1) is 22.9. The molecule has 6 rings (SSSR count). The fraction of sp³-hybridized carbons (Fsp3) is 0.242. The van der Waals surface area contributed by atoms with Crippen molar-refractivity contribution in [2.75, 3.05) is 23.9 Å². The minimum atomic E-state index is -4.84. The standard InChI is InChI=1S/C33H26F3N3O7S2/c1-3-46-31(43)17-12-14-18(15-13-17)37-23(40)16-38-30-27(48-32(38)44)24(19-8-4-7-11-22(19)45-2)25-26(47-30)29(42)39(28(25)41)21-10-6-5-9-20(21)33(34,35)36/h4-15,24-26H,3,16H2,1-2H3,(H,37,40)/t24-,25?,26?/m1/s1. The topological polar surface area (TPSA) is 124 Å². The van der Waals surface area contributed by atoms with Gasteiger partial charge in [0.05, 0.1) is 41.5 Å². The summed E-state index contributed by atoms with van der Waals surface area (Å²) < 4.78 is 53.8. The minimum absolute atomic E-state index is 0.202. The second-order valence-electron chi connectivity index (χ2n) is 10.8. The second kappa shape index (κ2) is 13.0. The van der Waals surface area contributed by atoms with E-state index in [0.717, 1.165) is 35.2 Å². The van der Waals surface area contributed by atoms with E-state index < -0.39 is 69.6 Å². The smallest absolute Gasteiger partial charge is 0.418 e. The van der Waals surface area contributed by atoms with Crippen molar-refractivity contribution in [1.82, 2.24) is 4.57 Å². The predicted octanol–water partition coefficient (Wildman–Crippen LogP) is 5.55. The molecule has 15 heteroatoms. The summed E-state index contributed by atoms with van der Waals surface area (Å²) in [5.74, 6) is -4.59. The number of methoxy groups -OCH3 is 1. The highest BCUT2D eigenvalue weighted by Crippen LogP contribution is 2.55. The molecule has 0 bridgehead atoms. The first kappa shape index (κ1) is 33.0. The van der Waals surface area contributed by atoms with E-state index in [-0.39, 0.29) is 17.2 Å². The molecule has 1 aromatic heterocycles. The van der Waals surface area contributed by atoms with E-state index in [2.05, 4.69) is 5.32 Å². The quantitative estimate of drug-likeness (QED) is 0.188. The van der Waals surface area contributed by atoms with Crippen molar-refractivity contribution in [2.24, 2.45) is 5.92 Å². The Morgan fingerprint density at radius 3 is 2.31 bits per heavy atom. The molecule has 3 atom stereocenters. The fourth-order valence-corrected chi connectivity index (χ4v) is 8.67. The van der Waals surface area contributed by atoms with Crippen LogP contribution >= 0.6 is 23.1 Å². The van der Waals surface area contributed by atoms with Crippen molar-refractivity contribution in [3.05, 3.63) is 104 Å². The lowest BCUT2D eigenvalue weighted by Gasteiger charge is -2.31. The van der Waals surface area contributed by atoms with Crippen molar-refractivity contribution in [1.29, 1.82) is 0 Å². The maximum Gasteiger partial charge on any atom is 0.418 e. The highest BCUT2D eigenvalue weighted by Gasteiger charge is 2.58. The van der Waals surface area contributed by atoms with Crippen LogP contribution in [0.4, 0.5) is 24.5 Å². The lowest BCUT2D eigenvalue weighted by Crippen LogP contribution is -2.33. The Morgan fingerprint density at radius 2 is 1.62 bits per heavy atom. The van der Waals surface area contributed by atoms with Crippen LogP contribution in [0.2, 0.25) is 0 Å². The molecule has 1 fully saturated rings. The Morgan fingerprint density at radius 1 is 0.938 bits per heavy atom. The molecule has 0 saturated carbocycles. The number of benzene rings is 3. The number of nitrogens with one attached hydrogen (secondary N) is 1. The summed E-state index contributed by atoms with van der Waals surface area (Å²) in [5.41, 5.74) is -0.622. The molecular formula is C33H26F3N3O7S2. The number of nitrogens with zero attached hydrogens (tertiary/aromatic N) is 2. The third kappa shape index (κ3) is 5.87. The molecule has 248 valence electrons. The first-order valence-corrected chi connectivity index (χ1v) is 16.3. The SMILES string of the molecule is CCOC(=O)c1ccc(NC(=O)Cn2c3c(sc2=O)[C@H](c2ccccc2OC)C2C(=O)N(c4ccccc4C(F)(F)F)C(=O)C2S3)cc1. The number of hydrogen-bond donors (Lipinski definition) is 1. The summed E-state index contributed by atoms with van der Waals surface area (Å²) in [6.07, 6.45) is -4.84. The Bertz CT molecular complexity index is 1990. The van der Waals surface area contributed by atoms with Gasteiger partial charge in [0.25, 0.3) is 0 Å². The normalized spacial score (nSPS) is 18.7. The molecule has 3 heterocycles. The van der Waals surface area contributed by atoms with Gasteiger partial charge in [-0.15, -0.1) is 0 Å². The van der Waals surface area contributed by atoms with Crippen LogP contribution in [-0.4, -0.2) is 47.2 Å². The molecule has 1 N–H and O–H groups in total. The van der Waals surface area contributed by atoms with Gasteiger partial charge < -0.3 is 14.8 Å². The molecular weight excluding hydrogens is 672 g/mol. The number of aromatic nitrogens is 1. The summed E-state index contributed by atoms with van der Waals surface area (Å²) in [5, 5.41) is 1.72. The molecule has 2 aliphatic rings. The fourth-order valence-electron chi connectivity index (χ4n) is 5.91. The molecule has 3 aromatic carbocycles. The van der Waals surface area contributed by atoms with Crippen LogP contribution in [0.3, 0.4) is 0 Å². The van der Waals surface area contributed by atoms with E-state index in [1.54, 1.807) is 31.2 Å². The number of hydrogen-bond acceptors (Lipinski definition) is 9. The summed E-state index contributed by atoms with van der Waals surface area (Å²) in [4.78, 5) is 67.1. The number of carbonyl (C=O) groups excluding carboxylic acids is 4. The van der Waals surface area contributed by atoms with E-state index >= 15 is 0 Å². The molecule has 48 heavy (non-hydrogen) atoms. The average molecular weight is 698 g/mol. The number of alkyl halides is 3. The van der Waals surface area contributed by atoms with Gasteiger partial charge >= 0.3 is 17.0 Å². The van der Waals surface area contributed by atoms with Crippen LogP contribution < -0.4 is 19.8 Å². The van der Waals surface area contributed by atoms with Gasteiger partial charge in [0.2, 0.25) is 17.7 Å². The van der Waals surface area contributed by atoms with Gasteiger partial charge in [-0.25, -0.2) is 9.69 Å². The molecule has 4 aromatic rings. The zero-order chi connectivity index (χ0) is 34.3. The van der Waals surface area contributed by atoms with Crippen LogP contribution in [0.1, 0.15) is 39.2 Å². The number of amides is 3. The number of rotatable bonds is 8. The lowest BCUT2D eigenvalue weighted by atomic mass is 9.82. The maximum atomic E-state index is 14.1. The molecule has 3 amide bonds. The highest BCUT2D eigenvalue weighted by molar-refractivity contribution is 8.00. The monoisotopic (exact) mass is 697 g/mol. The zero-order valence-corrected chi connectivity index (χ0v) is 26.9. The van der Waals surface area contributed by atoms with Crippen molar-refractivity contribution in [2.45, 2.75) is 35.8 Å². The van der Waals surface area contributed by atoms with Gasteiger partial charge in [0.15, 0.2) is 0 Å². The second-order valence-corrected chi connectivity index (χ2v) is 12.9. The number of imide groups is 1. The lowest BCUT2D eigenvalue weighted by molar-refractivity contribution is -0.137. The Hall–Kier alpha value is -4.89. The number of carbonyl (C=O) groups is 4. The van der Waals surface area contributed by atoms with E-state index in [4.69, 9.17) is 9.47 Å². The van der Waals surface area contributed by atoms with Gasteiger partial charge in [-0.05, 0) is 49.4 Å². The largest absolute Gasteiger partial charge is 0.496 e. The van der Waals surface area contributed by atoms with Gasteiger partial charge in [-0.1, -0.05) is 53.4 Å². The summed E-state index contributed by atoms with van der Waals surface area (Å²) in [6, 6.07) is 17.0. The molecule has 0 spiro atoms. The number of halogens is 3. The summed E-state index contributed by atoms with van der Waals surface area (Å²) in [7, 11) is 1.42. The number of esters is 1. The molecule has 1 saturated heterocycles. The van der Waals surface area contributed by atoms with Crippen molar-refractivity contribution in [3.8, 4) is 5.75 Å². The van der Waals surface area contributed by atoms with Gasteiger partial charge in [-0.2, -0.15) is 13.2 Å². The number of thioether (sulfide) groups is 1. The Labute approximate surface area is 279 Å². The van der Waals surface area contributed by atoms with Gasteiger partial charge in [-0.3, -0.25) is 23.7 Å². The molecule has 0 aliphatic carbocycles. The molecule has 2 aliphatic heterocycles. The van der Waals surface area contributed by atoms with Crippen LogP contribution in [0.25, 0.3) is 0 Å². The zero-order valence-electron chi connectivity index (χ0n) is 25.3. The van der Waals surface area contributed by atoms with Crippen LogP contribution in [-0.2, 0) is 31.8 Å². The minimum Gasteiger partial charge on any atom is -0.496 e. The molecule has 0 radical (unpaired) electrons. The first-order valence-electron chi connectivity index (χ1n) is 14.6. The van der Waals surface area contributed by atoms with Crippen molar-refractivity contribution >= 4 is 58.2 Å². The molecule has 2 unspecified atom stereocenters.